The fraction of sp³-hybridized carbons (Fsp3) is 0.318. The number of nitrogens with two attached hydrogens (primary N) is 1. The number of hydrogen-bond acceptors (Lipinski definition) is 8. The van der Waals surface area contributed by atoms with Gasteiger partial charge in [-0.1, -0.05) is 11.8 Å². The van der Waals surface area contributed by atoms with E-state index in [2.05, 4.69) is 15.5 Å². The Morgan fingerprint density at radius 3 is 2.70 bits per heavy atom. The van der Waals surface area contributed by atoms with Gasteiger partial charge >= 0.3 is 0 Å². The predicted octanol–water partition coefficient (Wildman–Crippen LogP) is 3.48. The van der Waals surface area contributed by atoms with E-state index < -0.39 is 5.79 Å². The molecule has 3 N–H and O–H groups in total. The summed E-state index contributed by atoms with van der Waals surface area (Å²) in [6, 6.07) is 11.0. The fourth-order valence-corrected chi connectivity index (χ4v) is 4.47. The van der Waals surface area contributed by atoms with Gasteiger partial charge in [-0.15, -0.1) is 10.2 Å². The third-order valence-electron chi connectivity index (χ3n) is 5.43. The van der Waals surface area contributed by atoms with Gasteiger partial charge in [0.15, 0.2) is 17.3 Å². The molecule has 3 aromatic rings. The van der Waals surface area contributed by atoms with Crippen molar-refractivity contribution in [2.75, 3.05) is 16.9 Å². The monoisotopic (exact) mass is 471 g/mol. The number of anilines is 1. The van der Waals surface area contributed by atoms with Crippen LogP contribution in [0.5, 0.6) is 17.2 Å². The first-order valence-electron chi connectivity index (χ1n) is 10.5. The van der Waals surface area contributed by atoms with Crippen LogP contribution in [0.15, 0.2) is 47.6 Å². The van der Waals surface area contributed by atoms with Crippen molar-refractivity contribution in [2.45, 2.75) is 43.2 Å². The number of carbonyl (C=O) groups excluding carboxylic acids is 1. The van der Waals surface area contributed by atoms with Crippen LogP contribution in [0.25, 0.3) is 0 Å². The van der Waals surface area contributed by atoms with Gasteiger partial charge in [-0.25, -0.2) is 9.07 Å². The number of nitrogens with one attached hydrogen (secondary N) is 1. The van der Waals surface area contributed by atoms with Crippen molar-refractivity contribution in [2.24, 2.45) is 0 Å². The molecule has 0 unspecified atom stereocenters. The highest BCUT2D eigenvalue weighted by Crippen LogP contribution is 2.47. The number of nitrogens with zero attached hydrogens (tertiary/aromatic N) is 3. The second-order valence-electron chi connectivity index (χ2n) is 7.83. The van der Waals surface area contributed by atoms with E-state index in [1.54, 1.807) is 12.1 Å². The van der Waals surface area contributed by atoms with E-state index in [0.29, 0.717) is 33.9 Å². The third-order valence-corrected chi connectivity index (χ3v) is 6.38. The lowest BCUT2D eigenvalue weighted by Gasteiger charge is -2.21. The quantitative estimate of drug-likeness (QED) is 0.398. The Morgan fingerprint density at radius 1 is 1.15 bits per heavy atom. The van der Waals surface area contributed by atoms with Crippen LogP contribution in [-0.2, 0) is 11.4 Å². The second kappa shape index (κ2) is 8.81. The zero-order valence-electron chi connectivity index (χ0n) is 17.6. The Morgan fingerprint density at radius 2 is 1.91 bits per heavy atom. The van der Waals surface area contributed by atoms with Gasteiger partial charge in [0.1, 0.15) is 18.2 Å². The number of aromatic nitrogens is 3. The van der Waals surface area contributed by atoms with E-state index >= 15 is 0 Å². The minimum atomic E-state index is -0.538. The highest BCUT2D eigenvalue weighted by Gasteiger charge is 2.44. The van der Waals surface area contributed by atoms with Crippen molar-refractivity contribution in [3.63, 3.8) is 0 Å². The normalized spacial score (nSPS) is 15.7. The van der Waals surface area contributed by atoms with Crippen molar-refractivity contribution in [1.29, 1.82) is 0 Å². The number of hydrogen-bond donors (Lipinski definition) is 2. The van der Waals surface area contributed by atoms with Gasteiger partial charge in [-0.05, 0) is 49.2 Å². The van der Waals surface area contributed by atoms with E-state index in [1.807, 2.05) is 6.07 Å². The minimum absolute atomic E-state index is 0.0561. The maximum atomic E-state index is 13.0. The van der Waals surface area contributed by atoms with Gasteiger partial charge in [-0.2, -0.15) is 0 Å². The van der Waals surface area contributed by atoms with Crippen LogP contribution in [-0.4, -0.2) is 32.3 Å². The van der Waals surface area contributed by atoms with Crippen LogP contribution in [0.1, 0.15) is 31.5 Å². The molecule has 1 aliphatic carbocycles. The molecular weight excluding hydrogens is 449 g/mol. The molecule has 1 spiro atoms. The first-order chi connectivity index (χ1) is 16.0. The minimum Gasteiger partial charge on any atom is -0.486 e. The van der Waals surface area contributed by atoms with Crippen molar-refractivity contribution >= 4 is 23.4 Å². The van der Waals surface area contributed by atoms with Gasteiger partial charge in [0.2, 0.25) is 11.1 Å². The zero-order valence-corrected chi connectivity index (χ0v) is 18.4. The highest BCUT2D eigenvalue weighted by atomic mass is 32.2. The fourth-order valence-electron chi connectivity index (χ4n) is 3.80. The lowest BCUT2D eigenvalue weighted by Crippen LogP contribution is -2.34. The summed E-state index contributed by atoms with van der Waals surface area (Å²) in [5.74, 6) is 7.21. The van der Waals surface area contributed by atoms with Gasteiger partial charge < -0.3 is 25.4 Å². The molecule has 1 aliphatic heterocycles. The standard InChI is InChI=1S/C22H22FN5O4S/c23-14-3-6-16(7-4-14)30-12-19-26-27-21(28(19)24)33-13-20(29)25-15-5-8-17-18(11-15)32-22(31-17)9-1-2-10-22/h3-8,11H,1-2,9-10,12-13,24H2,(H,25,29). The van der Waals surface area contributed by atoms with Crippen LogP contribution in [0.2, 0.25) is 0 Å². The Labute approximate surface area is 193 Å². The predicted molar refractivity (Wildman–Crippen MR) is 119 cm³/mol. The number of amides is 1. The molecule has 11 heteroatoms. The molecule has 1 fully saturated rings. The van der Waals surface area contributed by atoms with Crippen LogP contribution in [0, 0.1) is 5.82 Å². The average Bonchev–Trinajstić information content (AvgIpc) is 3.50. The summed E-state index contributed by atoms with van der Waals surface area (Å²) < 4.78 is 31.8. The summed E-state index contributed by atoms with van der Waals surface area (Å²) >= 11 is 1.15. The number of nitrogen functional groups attached to an aromatic ring is 1. The molecule has 0 saturated heterocycles. The Balaban J connectivity index is 1.13. The van der Waals surface area contributed by atoms with E-state index in [9.17, 15) is 9.18 Å². The van der Waals surface area contributed by atoms with Crippen molar-refractivity contribution in [1.82, 2.24) is 14.9 Å². The summed E-state index contributed by atoms with van der Waals surface area (Å²) in [5.41, 5.74) is 0.626. The van der Waals surface area contributed by atoms with Crippen molar-refractivity contribution < 1.29 is 23.4 Å². The van der Waals surface area contributed by atoms with Crippen LogP contribution >= 0.6 is 11.8 Å². The molecule has 9 nitrogen and oxygen atoms in total. The van der Waals surface area contributed by atoms with Crippen LogP contribution in [0.4, 0.5) is 10.1 Å². The second-order valence-corrected chi connectivity index (χ2v) is 8.77. The molecule has 0 radical (unpaired) electrons. The lowest BCUT2D eigenvalue weighted by atomic mass is 10.2. The third kappa shape index (κ3) is 4.68. The Bertz CT molecular complexity index is 1160. The summed E-state index contributed by atoms with van der Waals surface area (Å²) in [6.45, 7) is 0.0561. The number of rotatable bonds is 7. The van der Waals surface area contributed by atoms with Crippen molar-refractivity contribution in [3.05, 3.63) is 54.1 Å². The number of fused-ring (bicyclic) bond motifs is 1. The molecule has 2 aliphatic rings. The molecule has 2 aromatic carbocycles. The highest BCUT2D eigenvalue weighted by molar-refractivity contribution is 7.99. The maximum absolute atomic E-state index is 13.0. The van der Waals surface area contributed by atoms with Crippen LogP contribution in [0.3, 0.4) is 0 Å². The molecule has 1 aromatic heterocycles. The number of thioether (sulfide) groups is 1. The van der Waals surface area contributed by atoms with Gasteiger partial charge in [0, 0.05) is 24.6 Å². The number of benzene rings is 2. The number of ether oxygens (including phenoxy) is 3. The number of carbonyl (C=O) groups is 1. The topological polar surface area (TPSA) is 114 Å². The molecule has 2 heterocycles. The lowest BCUT2D eigenvalue weighted by molar-refractivity contribution is -0.113. The Hall–Kier alpha value is -3.47. The molecule has 172 valence electrons. The number of halogens is 1. The molecule has 0 bridgehead atoms. The largest absolute Gasteiger partial charge is 0.486 e. The average molecular weight is 472 g/mol. The SMILES string of the molecule is Nn1c(COc2ccc(F)cc2)nnc1SCC(=O)Nc1ccc2c(c1)OC1(CCCC1)O2. The van der Waals surface area contributed by atoms with Crippen LogP contribution < -0.4 is 25.4 Å². The molecule has 5 rings (SSSR count). The summed E-state index contributed by atoms with van der Waals surface area (Å²) in [5, 5.41) is 11.2. The Kier molecular flexibility index (Phi) is 5.71. The van der Waals surface area contributed by atoms with E-state index in [0.717, 1.165) is 37.4 Å². The van der Waals surface area contributed by atoms with E-state index in [-0.39, 0.29) is 24.1 Å². The van der Waals surface area contributed by atoms with Gasteiger partial charge in [-0.3, -0.25) is 4.79 Å². The zero-order chi connectivity index (χ0) is 22.8. The van der Waals surface area contributed by atoms with Gasteiger partial charge in [0.05, 0.1) is 5.75 Å². The molecular formula is C22H22FN5O4S. The summed E-state index contributed by atoms with van der Waals surface area (Å²) in [4.78, 5) is 12.4. The summed E-state index contributed by atoms with van der Waals surface area (Å²) in [6.07, 6.45) is 3.91. The van der Waals surface area contributed by atoms with Gasteiger partial charge in [0.25, 0.3) is 5.79 Å². The molecule has 33 heavy (non-hydrogen) atoms. The summed E-state index contributed by atoms with van der Waals surface area (Å²) in [7, 11) is 0. The first kappa shape index (κ1) is 21.4. The maximum Gasteiger partial charge on any atom is 0.251 e. The molecule has 1 amide bonds. The molecule has 0 atom stereocenters. The first-order valence-corrected chi connectivity index (χ1v) is 11.5. The van der Waals surface area contributed by atoms with E-state index in [1.165, 1.54) is 28.9 Å². The van der Waals surface area contributed by atoms with Crippen molar-refractivity contribution in [3.8, 4) is 17.2 Å². The van der Waals surface area contributed by atoms with E-state index in [4.69, 9.17) is 20.1 Å². The molecule has 1 saturated carbocycles. The smallest absolute Gasteiger partial charge is 0.251 e.